The summed E-state index contributed by atoms with van der Waals surface area (Å²) in [5.41, 5.74) is 1.06. The largest absolute Gasteiger partial charge is 0.466 e. The topological polar surface area (TPSA) is 58.6 Å². The van der Waals surface area contributed by atoms with Crippen molar-refractivity contribution in [2.24, 2.45) is 17.8 Å². The number of anilines is 2. The molecule has 3 atom stereocenters. The Balaban J connectivity index is 1.38. The van der Waals surface area contributed by atoms with Crippen LogP contribution in [0, 0.1) is 17.8 Å². The van der Waals surface area contributed by atoms with Gasteiger partial charge in [0.05, 0.1) is 16.8 Å². The number of ether oxygens (including phenoxy) is 1. The molecule has 3 saturated heterocycles. The molecule has 6 nitrogen and oxygen atoms in total. The number of thiophene rings is 1. The van der Waals surface area contributed by atoms with Gasteiger partial charge in [0.1, 0.15) is 0 Å². The molecule has 0 aromatic carbocycles. The van der Waals surface area contributed by atoms with Crippen LogP contribution in [0.2, 0.25) is 0 Å². The molecule has 1 saturated carbocycles. The van der Waals surface area contributed by atoms with E-state index in [1.165, 1.54) is 17.5 Å². The number of aromatic nitrogens is 2. The van der Waals surface area contributed by atoms with Crippen LogP contribution in [0.4, 0.5) is 11.8 Å². The summed E-state index contributed by atoms with van der Waals surface area (Å²) in [7, 11) is 0. The maximum Gasteiger partial charge on any atom is 0.306 e. The molecule has 2 aromatic heterocycles. The van der Waals surface area contributed by atoms with Gasteiger partial charge in [0, 0.05) is 32.1 Å². The van der Waals surface area contributed by atoms with Crippen LogP contribution in [-0.4, -0.2) is 48.2 Å². The highest BCUT2D eigenvalue weighted by atomic mass is 32.1. The first-order chi connectivity index (χ1) is 13.1. The number of rotatable bonds is 5. The molecule has 6 rings (SSSR count). The molecule has 2 aromatic rings. The number of piperidine rings is 2. The summed E-state index contributed by atoms with van der Waals surface area (Å²) in [6.45, 7) is 7.60. The highest BCUT2D eigenvalue weighted by molar-refractivity contribution is 7.17. The van der Waals surface area contributed by atoms with Gasteiger partial charge in [-0.05, 0) is 55.9 Å². The molecule has 4 fully saturated rings. The van der Waals surface area contributed by atoms with Crippen molar-refractivity contribution in [1.29, 1.82) is 0 Å². The monoisotopic (exact) mass is 386 g/mol. The first kappa shape index (κ1) is 17.2. The van der Waals surface area contributed by atoms with Crippen LogP contribution in [0.1, 0.15) is 33.1 Å². The number of hydrogen-bond donors (Lipinski definition) is 0. The van der Waals surface area contributed by atoms with E-state index in [2.05, 4.69) is 28.2 Å². The van der Waals surface area contributed by atoms with Crippen LogP contribution < -0.4 is 9.80 Å². The summed E-state index contributed by atoms with van der Waals surface area (Å²) >= 11 is 1.73. The van der Waals surface area contributed by atoms with E-state index in [4.69, 9.17) is 14.7 Å². The molecule has 2 bridgehead atoms. The van der Waals surface area contributed by atoms with Crippen molar-refractivity contribution in [3.63, 3.8) is 0 Å². The maximum atomic E-state index is 11.9. The summed E-state index contributed by atoms with van der Waals surface area (Å²) in [5, 5.41) is 2.11. The summed E-state index contributed by atoms with van der Waals surface area (Å²) in [4.78, 5) is 26.4. The Hall–Kier alpha value is -1.89. The molecule has 0 radical (unpaired) electrons. The molecular weight excluding hydrogens is 360 g/mol. The van der Waals surface area contributed by atoms with Crippen molar-refractivity contribution in [1.82, 2.24) is 9.97 Å². The highest BCUT2D eigenvalue weighted by Crippen LogP contribution is 2.49. The summed E-state index contributed by atoms with van der Waals surface area (Å²) < 4.78 is 6.36. The van der Waals surface area contributed by atoms with Crippen molar-refractivity contribution in [3.8, 4) is 0 Å². The van der Waals surface area contributed by atoms with Crippen molar-refractivity contribution in [3.05, 3.63) is 11.4 Å². The Morgan fingerprint density at radius 3 is 2.81 bits per heavy atom. The molecule has 144 valence electrons. The minimum absolute atomic E-state index is 0.0395. The Kier molecular flexibility index (Phi) is 4.22. The molecule has 7 heteroatoms. The van der Waals surface area contributed by atoms with E-state index in [1.54, 1.807) is 11.3 Å². The Bertz CT molecular complexity index is 857. The number of fused-ring (bicyclic) bond motifs is 3. The van der Waals surface area contributed by atoms with E-state index in [0.717, 1.165) is 36.9 Å². The molecular formula is C20H26N4O2S. The minimum atomic E-state index is -0.0395. The van der Waals surface area contributed by atoms with Gasteiger partial charge in [0.25, 0.3) is 0 Å². The molecule has 5 heterocycles. The van der Waals surface area contributed by atoms with Gasteiger partial charge >= 0.3 is 5.97 Å². The second-order valence-electron chi connectivity index (χ2n) is 8.15. The molecule has 2 unspecified atom stereocenters. The number of nitrogens with zero attached hydrogens (tertiary/aromatic N) is 4. The van der Waals surface area contributed by atoms with Crippen LogP contribution in [-0.2, 0) is 9.53 Å². The summed E-state index contributed by atoms with van der Waals surface area (Å²) in [5.74, 6) is 3.55. The molecule has 4 aliphatic rings. The highest BCUT2D eigenvalue weighted by Gasteiger charge is 2.48. The van der Waals surface area contributed by atoms with Crippen molar-refractivity contribution >= 4 is 39.3 Å². The van der Waals surface area contributed by atoms with Gasteiger partial charge in [0.15, 0.2) is 5.82 Å². The third kappa shape index (κ3) is 2.87. The molecule has 0 spiro atoms. The lowest BCUT2D eigenvalue weighted by atomic mass is 9.60. The SMILES string of the molecule is CCOC(=O)CC1C2CC1CN(c1nc(N3CC[C@@H]3C)nc3ccsc13)C2. The molecule has 0 N–H and O–H groups in total. The van der Waals surface area contributed by atoms with E-state index >= 15 is 0 Å². The first-order valence-corrected chi connectivity index (χ1v) is 10.9. The number of carbonyl (C=O) groups excluding carboxylic acids is 1. The maximum absolute atomic E-state index is 11.9. The van der Waals surface area contributed by atoms with Gasteiger partial charge in [0.2, 0.25) is 5.95 Å². The molecule has 3 aliphatic heterocycles. The lowest BCUT2D eigenvalue weighted by molar-refractivity contribution is -0.147. The van der Waals surface area contributed by atoms with Gasteiger partial charge in [-0.1, -0.05) is 0 Å². The second kappa shape index (κ2) is 6.62. The van der Waals surface area contributed by atoms with Crippen molar-refractivity contribution < 1.29 is 9.53 Å². The minimum Gasteiger partial charge on any atom is -0.466 e. The van der Waals surface area contributed by atoms with Gasteiger partial charge in [-0.3, -0.25) is 4.79 Å². The molecule has 1 aliphatic carbocycles. The summed E-state index contributed by atoms with van der Waals surface area (Å²) in [6, 6.07) is 2.63. The normalized spacial score (nSPS) is 29.4. The lowest BCUT2D eigenvalue weighted by Gasteiger charge is -2.54. The Morgan fingerprint density at radius 2 is 2.15 bits per heavy atom. The standard InChI is InChI=1S/C20H26N4O2S/c1-3-26-17(25)9-15-13-8-14(15)11-23(10-13)19-18-16(5-7-27-18)21-20(22-19)24-6-4-12(24)2/h5,7,12-15H,3-4,6,8-11H2,1-2H3/t12-,13?,14?,15?/m0/s1. The van der Waals surface area contributed by atoms with Crippen LogP contribution >= 0.6 is 11.3 Å². The summed E-state index contributed by atoms with van der Waals surface area (Å²) in [6.07, 6.45) is 3.02. The van der Waals surface area contributed by atoms with Gasteiger partial charge in [-0.2, -0.15) is 4.98 Å². The van der Waals surface area contributed by atoms with E-state index in [9.17, 15) is 4.79 Å². The Labute approximate surface area is 163 Å². The van der Waals surface area contributed by atoms with Gasteiger partial charge < -0.3 is 14.5 Å². The van der Waals surface area contributed by atoms with Gasteiger partial charge in [-0.15, -0.1) is 11.3 Å². The quantitative estimate of drug-likeness (QED) is 0.735. The fourth-order valence-electron chi connectivity index (χ4n) is 4.90. The number of hydrogen-bond acceptors (Lipinski definition) is 7. The third-order valence-electron chi connectivity index (χ3n) is 6.58. The Morgan fingerprint density at radius 1 is 1.33 bits per heavy atom. The predicted molar refractivity (Wildman–Crippen MR) is 107 cm³/mol. The van der Waals surface area contributed by atoms with E-state index in [0.29, 0.717) is 36.8 Å². The van der Waals surface area contributed by atoms with E-state index < -0.39 is 0 Å². The number of carbonyl (C=O) groups is 1. The average molecular weight is 387 g/mol. The lowest BCUT2D eigenvalue weighted by Crippen LogP contribution is -2.56. The molecule has 0 amide bonds. The third-order valence-corrected chi connectivity index (χ3v) is 7.48. The van der Waals surface area contributed by atoms with Crippen LogP contribution in [0.15, 0.2) is 11.4 Å². The van der Waals surface area contributed by atoms with E-state index in [1.807, 2.05) is 6.92 Å². The van der Waals surface area contributed by atoms with Crippen molar-refractivity contribution in [2.45, 2.75) is 39.2 Å². The zero-order valence-electron chi connectivity index (χ0n) is 15.9. The zero-order valence-corrected chi connectivity index (χ0v) is 16.7. The average Bonchev–Trinajstić information content (AvgIpc) is 3.13. The van der Waals surface area contributed by atoms with E-state index in [-0.39, 0.29) is 5.97 Å². The van der Waals surface area contributed by atoms with Crippen LogP contribution in [0.3, 0.4) is 0 Å². The number of esters is 1. The zero-order chi connectivity index (χ0) is 18.5. The van der Waals surface area contributed by atoms with Crippen LogP contribution in [0.5, 0.6) is 0 Å². The molecule has 27 heavy (non-hydrogen) atoms. The fraction of sp³-hybridized carbons (Fsp3) is 0.650. The smallest absolute Gasteiger partial charge is 0.306 e. The van der Waals surface area contributed by atoms with Crippen molar-refractivity contribution in [2.75, 3.05) is 36.0 Å². The first-order valence-electron chi connectivity index (χ1n) is 10.1. The fourth-order valence-corrected chi connectivity index (χ4v) is 5.75. The van der Waals surface area contributed by atoms with Gasteiger partial charge in [-0.25, -0.2) is 4.98 Å². The predicted octanol–water partition coefficient (Wildman–Crippen LogP) is 3.32. The van der Waals surface area contributed by atoms with Crippen LogP contribution in [0.25, 0.3) is 10.2 Å². The second-order valence-corrected chi connectivity index (χ2v) is 9.06.